The Kier molecular flexibility index (Phi) is 3.49. The van der Waals surface area contributed by atoms with Crippen molar-refractivity contribution in [1.82, 2.24) is 4.90 Å². The monoisotopic (exact) mass is 295 g/mol. The van der Waals surface area contributed by atoms with Gasteiger partial charge in [0.15, 0.2) is 6.29 Å². The van der Waals surface area contributed by atoms with Gasteiger partial charge in [-0.15, -0.1) is 0 Å². The van der Waals surface area contributed by atoms with Crippen molar-refractivity contribution in [1.29, 1.82) is 0 Å². The van der Waals surface area contributed by atoms with E-state index >= 15 is 0 Å². The third-order valence-electron chi connectivity index (χ3n) is 4.97. The van der Waals surface area contributed by atoms with Crippen LogP contribution in [0.25, 0.3) is 0 Å². The van der Waals surface area contributed by atoms with E-state index in [4.69, 9.17) is 4.74 Å². The summed E-state index contributed by atoms with van der Waals surface area (Å²) in [5.74, 6) is 0. The molecular weight excluding hydrogens is 274 g/mol. The summed E-state index contributed by atoms with van der Waals surface area (Å²) in [4.78, 5) is 2.47. The Balaban J connectivity index is 1.48. The number of fused-ring (bicyclic) bond motifs is 2. The fourth-order valence-electron chi connectivity index (χ4n) is 3.77. The maximum Gasteiger partial charge on any atom is 0.182 e. The molecule has 1 N–H and O–H groups in total. The van der Waals surface area contributed by atoms with Crippen LogP contribution in [0.1, 0.15) is 35.8 Å². The molecule has 0 unspecified atom stereocenters. The van der Waals surface area contributed by atoms with E-state index in [1.54, 1.807) is 0 Å². The number of aliphatic hydroxyl groups excluding tert-OH is 1. The van der Waals surface area contributed by atoms with E-state index in [9.17, 15) is 5.11 Å². The molecule has 114 valence electrons. The molecule has 22 heavy (non-hydrogen) atoms. The van der Waals surface area contributed by atoms with Gasteiger partial charge in [0.05, 0.1) is 5.60 Å². The quantitative estimate of drug-likeness (QED) is 0.923. The average molecular weight is 295 g/mol. The molecule has 0 bridgehead atoms. The number of rotatable bonds is 2. The lowest BCUT2D eigenvalue weighted by Crippen LogP contribution is -2.42. The summed E-state index contributed by atoms with van der Waals surface area (Å²) in [7, 11) is 0. The van der Waals surface area contributed by atoms with Crippen LogP contribution in [0.3, 0.4) is 0 Å². The molecule has 2 heterocycles. The largest absolute Gasteiger partial charge is 0.364 e. The molecule has 2 aromatic carbocycles. The average Bonchev–Trinajstić information content (AvgIpc) is 2.84. The van der Waals surface area contributed by atoms with E-state index in [1.165, 1.54) is 11.1 Å². The molecule has 2 aromatic rings. The summed E-state index contributed by atoms with van der Waals surface area (Å²) in [6.07, 6.45) is 1.11. The van der Waals surface area contributed by atoms with Gasteiger partial charge in [-0.1, -0.05) is 54.6 Å². The highest BCUT2D eigenvalue weighted by Gasteiger charge is 2.45. The minimum atomic E-state index is -0.767. The lowest BCUT2D eigenvalue weighted by molar-refractivity contribution is -0.189. The number of hydrogen-bond acceptors (Lipinski definition) is 3. The van der Waals surface area contributed by atoms with Crippen molar-refractivity contribution >= 4 is 0 Å². The Bertz CT molecular complexity index is 647. The summed E-state index contributed by atoms with van der Waals surface area (Å²) in [5, 5.41) is 10.2. The van der Waals surface area contributed by atoms with Crippen molar-refractivity contribution in [3.8, 4) is 0 Å². The molecule has 4 rings (SSSR count). The number of hydrogen-bond donors (Lipinski definition) is 1. The van der Waals surface area contributed by atoms with Crippen LogP contribution in [-0.2, 0) is 16.9 Å². The predicted octanol–water partition coefficient (Wildman–Crippen LogP) is 3.20. The summed E-state index contributed by atoms with van der Waals surface area (Å²) >= 11 is 0. The van der Waals surface area contributed by atoms with Gasteiger partial charge in [-0.25, -0.2) is 0 Å². The van der Waals surface area contributed by atoms with Gasteiger partial charge in [0.2, 0.25) is 0 Å². The molecule has 1 saturated heterocycles. The summed E-state index contributed by atoms with van der Waals surface area (Å²) in [5.41, 5.74) is 3.19. The van der Waals surface area contributed by atoms with Gasteiger partial charge in [0.1, 0.15) is 0 Å². The van der Waals surface area contributed by atoms with Crippen molar-refractivity contribution in [3.05, 3.63) is 71.3 Å². The van der Waals surface area contributed by atoms with E-state index in [0.717, 1.165) is 38.0 Å². The molecule has 3 nitrogen and oxygen atoms in total. The second-order valence-electron chi connectivity index (χ2n) is 6.31. The minimum Gasteiger partial charge on any atom is -0.364 e. The molecule has 1 fully saturated rings. The SMILES string of the molecule is O[C@@H]1OC2(CCN(Cc3ccccc3)CC2)c2ccccc21. The van der Waals surface area contributed by atoms with Gasteiger partial charge >= 0.3 is 0 Å². The first-order valence-electron chi connectivity index (χ1n) is 7.98. The van der Waals surface area contributed by atoms with E-state index in [0.29, 0.717) is 0 Å². The zero-order valence-electron chi connectivity index (χ0n) is 12.6. The first kappa shape index (κ1) is 13.9. The van der Waals surface area contributed by atoms with E-state index in [1.807, 2.05) is 18.2 Å². The van der Waals surface area contributed by atoms with Crippen LogP contribution in [0.4, 0.5) is 0 Å². The fourth-order valence-corrected chi connectivity index (χ4v) is 3.77. The molecule has 0 radical (unpaired) electrons. The predicted molar refractivity (Wildman–Crippen MR) is 85.1 cm³/mol. The van der Waals surface area contributed by atoms with Crippen molar-refractivity contribution in [2.45, 2.75) is 31.3 Å². The third kappa shape index (κ3) is 2.35. The zero-order chi connectivity index (χ0) is 15.0. The van der Waals surface area contributed by atoms with Crippen LogP contribution in [0.2, 0.25) is 0 Å². The lowest BCUT2D eigenvalue weighted by atomic mass is 9.83. The first-order chi connectivity index (χ1) is 10.8. The number of nitrogens with zero attached hydrogens (tertiary/aromatic N) is 1. The maximum absolute atomic E-state index is 10.2. The standard InChI is InChI=1S/C19H21NO2/c21-18-16-8-4-5-9-17(16)19(22-18)10-12-20(13-11-19)14-15-6-2-1-3-7-15/h1-9,18,21H,10-14H2/t18-/m1/s1. The molecule has 0 aromatic heterocycles. The molecule has 1 atom stereocenters. The highest BCUT2D eigenvalue weighted by Crippen LogP contribution is 2.48. The van der Waals surface area contributed by atoms with Crippen LogP contribution in [0.15, 0.2) is 54.6 Å². The van der Waals surface area contributed by atoms with Gasteiger partial charge in [-0.3, -0.25) is 4.90 Å². The third-order valence-corrected chi connectivity index (χ3v) is 4.97. The van der Waals surface area contributed by atoms with Crippen molar-refractivity contribution < 1.29 is 9.84 Å². The molecule has 3 heteroatoms. The van der Waals surface area contributed by atoms with Crippen LogP contribution < -0.4 is 0 Å². The molecule has 0 aliphatic carbocycles. The van der Waals surface area contributed by atoms with Crippen molar-refractivity contribution in [3.63, 3.8) is 0 Å². The second-order valence-corrected chi connectivity index (χ2v) is 6.31. The van der Waals surface area contributed by atoms with Crippen molar-refractivity contribution in [2.75, 3.05) is 13.1 Å². The maximum atomic E-state index is 10.2. The van der Waals surface area contributed by atoms with E-state index in [-0.39, 0.29) is 5.60 Å². The first-order valence-corrected chi connectivity index (χ1v) is 7.98. The highest BCUT2D eigenvalue weighted by molar-refractivity contribution is 5.37. The van der Waals surface area contributed by atoms with Crippen LogP contribution >= 0.6 is 0 Å². The lowest BCUT2D eigenvalue weighted by Gasteiger charge is -2.39. The minimum absolute atomic E-state index is 0.288. The number of likely N-dealkylation sites (tertiary alicyclic amines) is 1. The molecule has 2 aliphatic heterocycles. The van der Waals surface area contributed by atoms with E-state index in [2.05, 4.69) is 41.3 Å². The normalized spacial score (nSPS) is 23.6. The highest BCUT2D eigenvalue weighted by atomic mass is 16.6. The van der Waals surface area contributed by atoms with Gasteiger partial charge in [-0.2, -0.15) is 0 Å². The van der Waals surface area contributed by atoms with Crippen LogP contribution in [0, 0.1) is 0 Å². The topological polar surface area (TPSA) is 32.7 Å². The number of ether oxygens (including phenoxy) is 1. The molecule has 0 amide bonds. The molecular formula is C19H21NO2. The van der Waals surface area contributed by atoms with Crippen LogP contribution in [0.5, 0.6) is 0 Å². The Morgan fingerprint density at radius 3 is 2.45 bits per heavy atom. The number of benzene rings is 2. The smallest absolute Gasteiger partial charge is 0.182 e. The summed E-state index contributed by atoms with van der Waals surface area (Å²) in [6, 6.07) is 18.7. The van der Waals surface area contributed by atoms with E-state index < -0.39 is 6.29 Å². The van der Waals surface area contributed by atoms with Gasteiger partial charge in [-0.05, 0) is 24.0 Å². The van der Waals surface area contributed by atoms with Gasteiger partial charge in [0.25, 0.3) is 0 Å². The Hall–Kier alpha value is -1.68. The molecule has 0 saturated carbocycles. The van der Waals surface area contributed by atoms with Crippen molar-refractivity contribution in [2.24, 2.45) is 0 Å². The van der Waals surface area contributed by atoms with Crippen LogP contribution in [-0.4, -0.2) is 23.1 Å². The molecule has 2 aliphatic rings. The van der Waals surface area contributed by atoms with Gasteiger partial charge in [0, 0.05) is 25.2 Å². The fraction of sp³-hybridized carbons (Fsp3) is 0.368. The Morgan fingerprint density at radius 2 is 1.68 bits per heavy atom. The summed E-state index contributed by atoms with van der Waals surface area (Å²) in [6.45, 7) is 2.98. The number of piperidine rings is 1. The zero-order valence-corrected chi connectivity index (χ0v) is 12.6. The Labute approximate surface area is 131 Å². The second kappa shape index (κ2) is 5.51. The number of aliphatic hydroxyl groups is 1. The van der Waals surface area contributed by atoms with Gasteiger partial charge < -0.3 is 9.84 Å². The Morgan fingerprint density at radius 1 is 1.00 bits per heavy atom. The summed E-state index contributed by atoms with van der Waals surface area (Å²) < 4.78 is 5.99. The molecule has 1 spiro atoms.